The van der Waals surface area contributed by atoms with Gasteiger partial charge >= 0.3 is 6.03 Å². The third-order valence-corrected chi connectivity index (χ3v) is 3.36. The molecule has 120 valence electrons. The van der Waals surface area contributed by atoms with Gasteiger partial charge in [0.2, 0.25) is 5.91 Å². The number of carbonyl (C=O) groups excluding carboxylic acids is 2. The lowest BCUT2D eigenvalue weighted by atomic mass is 10.2. The van der Waals surface area contributed by atoms with E-state index in [-0.39, 0.29) is 11.9 Å². The van der Waals surface area contributed by atoms with E-state index in [4.69, 9.17) is 0 Å². The second-order valence-electron chi connectivity index (χ2n) is 5.20. The minimum Gasteiger partial charge on any atom is -0.332 e. The highest BCUT2D eigenvalue weighted by Crippen LogP contribution is 2.16. The Morgan fingerprint density at radius 3 is 2.43 bits per heavy atom. The molecule has 0 radical (unpaired) electrons. The average molecular weight is 312 g/mol. The molecule has 0 aliphatic heterocycles. The molecule has 1 aromatic heterocycles. The van der Waals surface area contributed by atoms with Crippen LogP contribution in [0.3, 0.4) is 0 Å². The standard InChI is InChI=1S/C17H20N4O2/c1-12-5-4-6-15(19-12)11-18-17(23)20-14-7-9-16(10-8-14)21(3)13(2)22/h4-10H,11H2,1-3H3,(H2,18,20,23). The van der Waals surface area contributed by atoms with Crippen LogP contribution >= 0.6 is 0 Å². The van der Waals surface area contributed by atoms with Gasteiger partial charge in [-0.2, -0.15) is 0 Å². The fourth-order valence-corrected chi connectivity index (χ4v) is 1.99. The van der Waals surface area contributed by atoms with Gasteiger partial charge < -0.3 is 15.5 Å². The molecule has 1 aromatic carbocycles. The highest BCUT2D eigenvalue weighted by molar-refractivity contribution is 5.92. The van der Waals surface area contributed by atoms with E-state index in [1.165, 1.54) is 11.8 Å². The van der Waals surface area contributed by atoms with Gasteiger partial charge in [0.25, 0.3) is 0 Å². The summed E-state index contributed by atoms with van der Waals surface area (Å²) in [4.78, 5) is 29.0. The highest BCUT2D eigenvalue weighted by Gasteiger charge is 2.06. The van der Waals surface area contributed by atoms with Crippen molar-refractivity contribution >= 4 is 23.3 Å². The molecule has 0 aliphatic rings. The van der Waals surface area contributed by atoms with Crippen LogP contribution in [0, 0.1) is 6.92 Å². The molecule has 6 nitrogen and oxygen atoms in total. The molecule has 0 bridgehead atoms. The van der Waals surface area contributed by atoms with Crippen LogP contribution in [0.2, 0.25) is 0 Å². The molecule has 6 heteroatoms. The summed E-state index contributed by atoms with van der Waals surface area (Å²) in [7, 11) is 1.70. The lowest BCUT2D eigenvalue weighted by molar-refractivity contribution is -0.116. The third kappa shape index (κ3) is 4.81. The Balaban J connectivity index is 1.89. The molecule has 0 unspecified atom stereocenters. The van der Waals surface area contributed by atoms with Crippen LogP contribution in [0.4, 0.5) is 16.2 Å². The minimum absolute atomic E-state index is 0.0471. The Bertz CT molecular complexity index is 698. The van der Waals surface area contributed by atoms with E-state index < -0.39 is 0 Å². The van der Waals surface area contributed by atoms with Gasteiger partial charge in [-0.3, -0.25) is 9.78 Å². The highest BCUT2D eigenvalue weighted by atomic mass is 16.2. The van der Waals surface area contributed by atoms with Gasteiger partial charge in [-0.15, -0.1) is 0 Å². The first-order valence-corrected chi connectivity index (χ1v) is 7.27. The molecule has 23 heavy (non-hydrogen) atoms. The largest absolute Gasteiger partial charge is 0.332 e. The summed E-state index contributed by atoms with van der Waals surface area (Å²) in [6.07, 6.45) is 0. The van der Waals surface area contributed by atoms with E-state index in [1.807, 2.05) is 25.1 Å². The number of rotatable bonds is 4. The van der Waals surface area contributed by atoms with Gasteiger partial charge in [0.15, 0.2) is 0 Å². The zero-order valence-electron chi connectivity index (χ0n) is 13.5. The maximum Gasteiger partial charge on any atom is 0.319 e. The Morgan fingerprint density at radius 1 is 1.13 bits per heavy atom. The Hall–Kier alpha value is -2.89. The minimum atomic E-state index is -0.305. The lowest BCUT2D eigenvalue weighted by Crippen LogP contribution is -2.28. The first kappa shape index (κ1) is 16.5. The van der Waals surface area contributed by atoms with Gasteiger partial charge in [-0.1, -0.05) is 6.07 Å². The molecule has 0 spiro atoms. The summed E-state index contributed by atoms with van der Waals surface area (Å²) in [6, 6.07) is 12.4. The van der Waals surface area contributed by atoms with Crippen molar-refractivity contribution < 1.29 is 9.59 Å². The summed E-state index contributed by atoms with van der Waals surface area (Å²) in [5.74, 6) is -0.0471. The van der Waals surface area contributed by atoms with Gasteiger partial charge in [-0.05, 0) is 43.3 Å². The number of nitrogens with zero attached hydrogens (tertiary/aromatic N) is 2. The van der Waals surface area contributed by atoms with Crippen molar-refractivity contribution in [1.29, 1.82) is 0 Å². The Labute approximate surface area is 135 Å². The fraction of sp³-hybridized carbons (Fsp3) is 0.235. The van der Waals surface area contributed by atoms with Crippen molar-refractivity contribution in [2.75, 3.05) is 17.3 Å². The topological polar surface area (TPSA) is 74.3 Å². The van der Waals surface area contributed by atoms with Crippen molar-refractivity contribution in [3.05, 3.63) is 53.9 Å². The molecular formula is C17H20N4O2. The van der Waals surface area contributed by atoms with Crippen molar-refractivity contribution in [1.82, 2.24) is 10.3 Å². The number of aryl methyl sites for hydroxylation is 1. The van der Waals surface area contributed by atoms with Crippen LogP contribution in [-0.4, -0.2) is 24.0 Å². The van der Waals surface area contributed by atoms with Crippen LogP contribution < -0.4 is 15.5 Å². The third-order valence-electron chi connectivity index (χ3n) is 3.36. The first-order chi connectivity index (χ1) is 11.0. The Kier molecular flexibility index (Phi) is 5.30. The van der Waals surface area contributed by atoms with Crippen molar-refractivity contribution in [2.24, 2.45) is 0 Å². The van der Waals surface area contributed by atoms with Crippen LogP contribution in [0.5, 0.6) is 0 Å². The number of amides is 3. The lowest BCUT2D eigenvalue weighted by Gasteiger charge is -2.15. The monoisotopic (exact) mass is 312 g/mol. The smallest absolute Gasteiger partial charge is 0.319 e. The average Bonchev–Trinajstić information content (AvgIpc) is 2.53. The zero-order chi connectivity index (χ0) is 16.8. The molecule has 2 aromatic rings. The fourth-order valence-electron chi connectivity index (χ4n) is 1.99. The molecule has 0 aliphatic carbocycles. The van der Waals surface area contributed by atoms with Crippen molar-refractivity contribution in [3.63, 3.8) is 0 Å². The van der Waals surface area contributed by atoms with Crippen LogP contribution in [-0.2, 0) is 11.3 Å². The van der Waals surface area contributed by atoms with E-state index in [1.54, 1.807) is 31.3 Å². The molecule has 0 saturated carbocycles. The molecule has 2 N–H and O–H groups in total. The van der Waals surface area contributed by atoms with E-state index in [2.05, 4.69) is 15.6 Å². The van der Waals surface area contributed by atoms with E-state index >= 15 is 0 Å². The SMILES string of the molecule is CC(=O)N(C)c1ccc(NC(=O)NCc2cccc(C)n2)cc1. The number of pyridine rings is 1. The zero-order valence-corrected chi connectivity index (χ0v) is 13.5. The van der Waals surface area contributed by atoms with Gasteiger partial charge in [0.1, 0.15) is 0 Å². The van der Waals surface area contributed by atoms with Gasteiger partial charge in [0, 0.05) is 31.0 Å². The van der Waals surface area contributed by atoms with Crippen LogP contribution in [0.25, 0.3) is 0 Å². The predicted molar refractivity (Wildman–Crippen MR) is 90.4 cm³/mol. The van der Waals surface area contributed by atoms with Crippen molar-refractivity contribution in [3.8, 4) is 0 Å². The molecule has 3 amide bonds. The number of urea groups is 1. The molecule has 0 saturated heterocycles. The van der Waals surface area contributed by atoms with E-state index in [9.17, 15) is 9.59 Å². The number of anilines is 2. The van der Waals surface area contributed by atoms with Crippen molar-refractivity contribution in [2.45, 2.75) is 20.4 Å². The normalized spacial score (nSPS) is 10.0. The summed E-state index contributed by atoms with van der Waals surface area (Å²) >= 11 is 0. The number of nitrogens with one attached hydrogen (secondary N) is 2. The molecular weight excluding hydrogens is 292 g/mol. The number of hydrogen-bond acceptors (Lipinski definition) is 3. The molecule has 2 rings (SSSR count). The maximum atomic E-state index is 11.9. The van der Waals surface area contributed by atoms with Crippen LogP contribution in [0.15, 0.2) is 42.5 Å². The molecule has 0 fully saturated rings. The van der Waals surface area contributed by atoms with E-state index in [0.29, 0.717) is 12.2 Å². The second-order valence-corrected chi connectivity index (χ2v) is 5.20. The Morgan fingerprint density at radius 2 is 1.83 bits per heavy atom. The molecule has 0 atom stereocenters. The second kappa shape index (κ2) is 7.40. The van der Waals surface area contributed by atoms with E-state index in [0.717, 1.165) is 17.1 Å². The summed E-state index contributed by atoms with van der Waals surface area (Å²) in [5, 5.41) is 5.49. The predicted octanol–water partition coefficient (Wildman–Crippen LogP) is 2.69. The van der Waals surface area contributed by atoms with Gasteiger partial charge in [0.05, 0.1) is 12.2 Å². The number of hydrogen-bond donors (Lipinski definition) is 2. The maximum absolute atomic E-state index is 11.9. The number of carbonyl (C=O) groups is 2. The number of aromatic nitrogens is 1. The summed E-state index contributed by atoms with van der Waals surface area (Å²) in [5.41, 5.74) is 3.14. The summed E-state index contributed by atoms with van der Waals surface area (Å²) < 4.78 is 0. The van der Waals surface area contributed by atoms with Gasteiger partial charge in [-0.25, -0.2) is 4.79 Å². The quantitative estimate of drug-likeness (QED) is 0.911. The van der Waals surface area contributed by atoms with Crippen LogP contribution in [0.1, 0.15) is 18.3 Å². The number of benzene rings is 1. The first-order valence-electron chi connectivity index (χ1n) is 7.27. The summed E-state index contributed by atoms with van der Waals surface area (Å²) in [6.45, 7) is 3.76. The molecule has 1 heterocycles.